The van der Waals surface area contributed by atoms with Crippen LogP contribution in [-0.4, -0.2) is 15.6 Å². The van der Waals surface area contributed by atoms with Crippen molar-refractivity contribution in [1.82, 2.24) is 9.88 Å². The van der Waals surface area contributed by atoms with Crippen LogP contribution in [0.3, 0.4) is 0 Å². The molecule has 1 amide bonds. The highest BCUT2D eigenvalue weighted by atomic mass is 16.3. The molecule has 19 heavy (non-hydrogen) atoms. The van der Waals surface area contributed by atoms with Crippen LogP contribution < -0.4 is 5.32 Å². The molecule has 4 nitrogen and oxygen atoms in total. The van der Waals surface area contributed by atoms with E-state index < -0.39 is 0 Å². The highest BCUT2D eigenvalue weighted by Crippen LogP contribution is 2.08. The van der Waals surface area contributed by atoms with Gasteiger partial charge in [-0.05, 0) is 30.2 Å². The second-order valence-electron chi connectivity index (χ2n) is 4.58. The molecule has 2 rings (SSSR count). The second kappa shape index (κ2) is 5.71. The molecule has 0 unspecified atom stereocenters. The largest absolute Gasteiger partial charge is 0.392 e. The summed E-state index contributed by atoms with van der Waals surface area (Å²) < 4.78 is 1.86. The zero-order valence-electron chi connectivity index (χ0n) is 11.2. The van der Waals surface area contributed by atoms with E-state index in [0.29, 0.717) is 12.2 Å². The Kier molecular flexibility index (Phi) is 4.02. The normalized spacial score (nSPS) is 10.5. The van der Waals surface area contributed by atoms with Gasteiger partial charge in [-0.3, -0.25) is 4.79 Å². The molecule has 4 heteroatoms. The molecule has 0 atom stereocenters. The van der Waals surface area contributed by atoms with Crippen molar-refractivity contribution in [1.29, 1.82) is 0 Å². The van der Waals surface area contributed by atoms with Gasteiger partial charge in [-0.1, -0.05) is 24.3 Å². The molecule has 100 valence electrons. The molecule has 1 aromatic heterocycles. The van der Waals surface area contributed by atoms with E-state index in [1.165, 1.54) is 0 Å². The fourth-order valence-electron chi connectivity index (χ4n) is 1.95. The Bertz CT molecular complexity index is 588. The summed E-state index contributed by atoms with van der Waals surface area (Å²) in [6, 6.07) is 11.3. The van der Waals surface area contributed by atoms with Gasteiger partial charge in [0.25, 0.3) is 5.91 Å². The van der Waals surface area contributed by atoms with Gasteiger partial charge in [0.15, 0.2) is 0 Å². The van der Waals surface area contributed by atoms with Crippen molar-refractivity contribution in [3.8, 4) is 0 Å². The number of aliphatic hydroxyl groups excluding tert-OH is 1. The Morgan fingerprint density at radius 3 is 2.63 bits per heavy atom. The molecule has 1 aromatic carbocycles. The van der Waals surface area contributed by atoms with Crippen LogP contribution in [0.2, 0.25) is 0 Å². The molecule has 0 bridgehead atoms. The Balaban J connectivity index is 2.02. The van der Waals surface area contributed by atoms with Crippen molar-refractivity contribution in [2.75, 3.05) is 0 Å². The summed E-state index contributed by atoms with van der Waals surface area (Å²) in [6.45, 7) is 2.43. The maximum atomic E-state index is 12.0. The summed E-state index contributed by atoms with van der Waals surface area (Å²) >= 11 is 0. The summed E-state index contributed by atoms with van der Waals surface area (Å²) in [5.41, 5.74) is 3.52. The van der Waals surface area contributed by atoms with Gasteiger partial charge in [0, 0.05) is 19.3 Å². The molecule has 2 N–H and O–H groups in total. The minimum atomic E-state index is -0.0926. The molecular weight excluding hydrogens is 240 g/mol. The fraction of sp³-hybridized carbons (Fsp3) is 0.267. The molecule has 1 heterocycles. The molecular formula is C15H18N2O2. The number of rotatable bonds is 4. The number of benzene rings is 1. The van der Waals surface area contributed by atoms with Crippen molar-refractivity contribution in [2.24, 2.45) is 7.05 Å². The van der Waals surface area contributed by atoms with E-state index in [1.807, 2.05) is 54.9 Å². The summed E-state index contributed by atoms with van der Waals surface area (Å²) in [5.74, 6) is -0.0926. The standard InChI is InChI=1S/C15H18N2O2/c1-11-6-7-14(17(11)2)15(19)16-9-12-4-3-5-13(8-12)10-18/h3-8,18H,9-10H2,1-2H3,(H,16,19). The third-order valence-corrected chi connectivity index (χ3v) is 3.23. The van der Waals surface area contributed by atoms with Crippen LogP contribution in [0, 0.1) is 6.92 Å². The average Bonchev–Trinajstić information content (AvgIpc) is 2.77. The first-order chi connectivity index (χ1) is 9.11. The molecule has 2 aromatic rings. The van der Waals surface area contributed by atoms with Crippen molar-refractivity contribution in [3.05, 3.63) is 58.9 Å². The van der Waals surface area contributed by atoms with Crippen LogP contribution in [-0.2, 0) is 20.2 Å². The number of nitrogens with zero attached hydrogens (tertiary/aromatic N) is 1. The number of hydrogen-bond acceptors (Lipinski definition) is 2. The Hall–Kier alpha value is -2.07. The fourth-order valence-corrected chi connectivity index (χ4v) is 1.95. The van der Waals surface area contributed by atoms with Crippen molar-refractivity contribution in [2.45, 2.75) is 20.1 Å². The molecule has 0 aliphatic carbocycles. The molecule has 0 saturated carbocycles. The van der Waals surface area contributed by atoms with Crippen molar-refractivity contribution >= 4 is 5.91 Å². The van der Waals surface area contributed by atoms with Crippen LogP contribution in [0.25, 0.3) is 0 Å². The number of hydrogen-bond donors (Lipinski definition) is 2. The van der Waals surface area contributed by atoms with E-state index in [4.69, 9.17) is 5.11 Å². The summed E-state index contributed by atoms with van der Waals surface area (Å²) in [4.78, 5) is 12.0. The minimum Gasteiger partial charge on any atom is -0.392 e. The zero-order valence-corrected chi connectivity index (χ0v) is 11.2. The first kappa shape index (κ1) is 13.4. The summed E-state index contributed by atoms with van der Waals surface area (Å²) in [7, 11) is 1.87. The monoisotopic (exact) mass is 258 g/mol. The lowest BCUT2D eigenvalue weighted by Gasteiger charge is -2.08. The number of carbonyl (C=O) groups is 1. The van der Waals surface area contributed by atoms with Gasteiger partial charge in [0.2, 0.25) is 0 Å². The van der Waals surface area contributed by atoms with Gasteiger partial charge in [-0.15, -0.1) is 0 Å². The Labute approximate surface area is 112 Å². The Morgan fingerprint density at radius 2 is 2.00 bits per heavy atom. The number of aryl methyl sites for hydroxylation is 1. The predicted molar refractivity (Wildman–Crippen MR) is 73.7 cm³/mol. The first-order valence-electron chi connectivity index (χ1n) is 6.21. The van der Waals surface area contributed by atoms with E-state index in [9.17, 15) is 4.79 Å². The highest BCUT2D eigenvalue weighted by molar-refractivity contribution is 5.92. The number of carbonyl (C=O) groups excluding carboxylic acids is 1. The molecule has 0 radical (unpaired) electrons. The molecule has 0 aliphatic rings. The van der Waals surface area contributed by atoms with Gasteiger partial charge in [-0.2, -0.15) is 0 Å². The SMILES string of the molecule is Cc1ccc(C(=O)NCc2cccc(CO)c2)n1C. The molecule has 0 aliphatic heterocycles. The quantitative estimate of drug-likeness (QED) is 0.878. The maximum absolute atomic E-state index is 12.0. The van der Waals surface area contributed by atoms with Gasteiger partial charge in [0.05, 0.1) is 6.61 Å². The van der Waals surface area contributed by atoms with E-state index in [2.05, 4.69) is 5.32 Å². The molecule has 0 spiro atoms. The number of amides is 1. The predicted octanol–water partition coefficient (Wildman–Crippen LogP) is 1.76. The smallest absolute Gasteiger partial charge is 0.268 e. The van der Waals surface area contributed by atoms with Crippen LogP contribution in [0.15, 0.2) is 36.4 Å². The lowest BCUT2D eigenvalue weighted by molar-refractivity contribution is 0.0942. The Morgan fingerprint density at radius 1 is 1.26 bits per heavy atom. The average molecular weight is 258 g/mol. The topological polar surface area (TPSA) is 54.3 Å². The second-order valence-corrected chi connectivity index (χ2v) is 4.58. The van der Waals surface area contributed by atoms with Gasteiger partial charge in [0.1, 0.15) is 5.69 Å². The lowest BCUT2D eigenvalue weighted by Crippen LogP contribution is -2.25. The van der Waals surface area contributed by atoms with Crippen LogP contribution >= 0.6 is 0 Å². The van der Waals surface area contributed by atoms with Crippen LogP contribution in [0.1, 0.15) is 27.3 Å². The van der Waals surface area contributed by atoms with Gasteiger partial charge >= 0.3 is 0 Å². The third kappa shape index (κ3) is 3.03. The van der Waals surface area contributed by atoms with E-state index in [0.717, 1.165) is 16.8 Å². The number of nitrogens with one attached hydrogen (secondary N) is 1. The van der Waals surface area contributed by atoms with Crippen molar-refractivity contribution in [3.63, 3.8) is 0 Å². The van der Waals surface area contributed by atoms with E-state index in [1.54, 1.807) is 0 Å². The minimum absolute atomic E-state index is 0.0127. The zero-order chi connectivity index (χ0) is 13.8. The van der Waals surface area contributed by atoms with E-state index in [-0.39, 0.29) is 12.5 Å². The number of aromatic nitrogens is 1. The van der Waals surface area contributed by atoms with Crippen molar-refractivity contribution < 1.29 is 9.90 Å². The number of aliphatic hydroxyl groups is 1. The maximum Gasteiger partial charge on any atom is 0.268 e. The van der Waals surface area contributed by atoms with E-state index >= 15 is 0 Å². The summed E-state index contributed by atoms with van der Waals surface area (Å²) in [6.07, 6.45) is 0. The third-order valence-electron chi connectivity index (χ3n) is 3.23. The van der Waals surface area contributed by atoms with Gasteiger partial charge < -0.3 is 15.0 Å². The summed E-state index contributed by atoms with van der Waals surface area (Å²) in [5, 5.41) is 11.9. The van der Waals surface area contributed by atoms with Gasteiger partial charge in [-0.25, -0.2) is 0 Å². The first-order valence-corrected chi connectivity index (χ1v) is 6.21. The molecule has 0 saturated heterocycles. The lowest BCUT2D eigenvalue weighted by atomic mass is 10.1. The van der Waals surface area contributed by atoms with Crippen LogP contribution in [0.5, 0.6) is 0 Å². The van der Waals surface area contributed by atoms with Crippen LogP contribution in [0.4, 0.5) is 0 Å². The highest BCUT2D eigenvalue weighted by Gasteiger charge is 2.10. The molecule has 0 fully saturated rings.